The number of carbonyl (C=O) groups is 1. The minimum atomic E-state index is -4.10. The smallest absolute Gasteiger partial charge is 0.342 e. The molecule has 1 aliphatic carbocycles. The molecule has 2 nitrogen and oxygen atoms in total. The lowest BCUT2D eigenvalue weighted by Crippen LogP contribution is -2.38. The molecule has 0 bridgehead atoms. The summed E-state index contributed by atoms with van der Waals surface area (Å²) in [5, 5.41) is 0. The fourth-order valence-corrected chi connectivity index (χ4v) is 3.66. The van der Waals surface area contributed by atoms with Gasteiger partial charge >= 0.3 is 6.18 Å². The van der Waals surface area contributed by atoms with Gasteiger partial charge in [0.2, 0.25) is 5.91 Å². The molecule has 1 saturated heterocycles. The van der Waals surface area contributed by atoms with Crippen LogP contribution in [0.3, 0.4) is 0 Å². The van der Waals surface area contributed by atoms with E-state index in [0.717, 1.165) is 25.9 Å². The Hall–Kier alpha value is -0.450. The SMILES string of the molecule is O=C(C1CCC(C(F)(F)F)CC1)N1CCC(CCCl)C1. The summed E-state index contributed by atoms with van der Waals surface area (Å²) in [5.41, 5.74) is 0. The average Bonchev–Trinajstić information content (AvgIpc) is 2.86. The summed E-state index contributed by atoms with van der Waals surface area (Å²) in [5.74, 6) is -0.299. The van der Waals surface area contributed by atoms with Crippen molar-refractivity contribution in [3.05, 3.63) is 0 Å². The lowest BCUT2D eigenvalue weighted by molar-refractivity contribution is -0.185. The van der Waals surface area contributed by atoms with Crippen LogP contribution in [0.5, 0.6) is 0 Å². The maximum Gasteiger partial charge on any atom is 0.391 e. The fraction of sp³-hybridized carbons (Fsp3) is 0.929. The van der Waals surface area contributed by atoms with Gasteiger partial charge in [0.05, 0.1) is 5.92 Å². The summed E-state index contributed by atoms with van der Waals surface area (Å²) < 4.78 is 37.8. The van der Waals surface area contributed by atoms with Gasteiger partial charge in [0, 0.05) is 24.9 Å². The zero-order chi connectivity index (χ0) is 14.8. The molecule has 2 rings (SSSR count). The first-order chi connectivity index (χ1) is 9.41. The number of halogens is 4. The second-order valence-corrected chi connectivity index (χ2v) is 6.38. The summed E-state index contributed by atoms with van der Waals surface area (Å²) in [7, 11) is 0. The van der Waals surface area contributed by atoms with Crippen LogP contribution in [-0.4, -0.2) is 36.0 Å². The van der Waals surface area contributed by atoms with Gasteiger partial charge in [-0.15, -0.1) is 11.6 Å². The highest BCUT2D eigenvalue weighted by molar-refractivity contribution is 6.17. The molecule has 2 fully saturated rings. The molecule has 1 unspecified atom stereocenters. The van der Waals surface area contributed by atoms with Gasteiger partial charge in [-0.25, -0.2) is 0 Å². The normalized spacial score (nSPS) is 31.6. The van der Waals surface area contributed by atoms with Crippen molar-refractivity contribution in [1.82, 2.24) is 4.90 Å². The molecule has 1 saturated carbocycles. The van der Waals surface area contributed by atoms with Crippen LogP contribution in [0.2, 0.25) is 0 Å². The summed E-state index contributed by atoms with van der Waals surface area (Å²) in [6.45, 7) is 1.46. The molecule has 116 valence electrons. The highest BCUT2D eigenvalue weighted by Crippen LogP contribution is 2.40. The third-order valence-corrected chi connectivity index (χ3v) is 4.87. The van der Waals surface area contributed by atoms with Gasteiger partial charge in [0.1, 0.15) is 0 Å². The minimum absolute atomic E-state index is 0.0581. The van der Waals surface area contributed by atoms with Gasteiger partial charge in [-0.05, 0) is 44.4 Å². The Bertz CT molecular complexity index is 340. The molecular weight excluding hydrogens is 291 g/mol. The number of likely N-dealkylation sites (tertiary alicyclic amines) is 1. The molecule has 0 N–H and O–H groups in total. The molecule has 0 radical (unpaired) electrons. The quantitative estimate of drug-likeness (QED) is 0.725. The zero-order valence-corrected chi connectivity index (χ0v) is 12.2. The van der Waals surface area contributed by atoms with Crippen LogP contribution in [0, 0.1) is 17.8 Å². The van der Waals surface area contributed by atoms with Crippen LogP contribution >= 0.6 is 11.6 Å². The number of nitrogens with zero attached hydrogens (tertiary/aromatic N) is 1. The van der Waals surface area contributed by atoms with E-state index in [0.29, 0.717) is 24.6 Å². The van der Waals surface area contributed by atoms with Crippen molar-refractivity contribution >= 4 is 17.5 Å². The van der Waals surface area contributed by atoms with Crippen LogP contribution in [0.1, 0.15) is 38.5 Å². The molecule has 0 spiro atoms. The first-order valence-corrected chi connectivity index (χ1v) is 7.86. The Labute approximate surface area is 122 Å². The van der Waals surface area contributed by atoms with Crippen LogP contribution in [0.4, 0.5) is 13.2 Å². The topological polar surface area (TPSA) is 20.3 Å². The molecule has 1 aliphatic heterocycles. The van der Waals surface area contributed by atoms with Crippen molar-refractivity contribution in [3.8, 4) is 0 Å². The summed E-state index contributed by atoms with van der Waals surface area (Å²) in [4.78, 5) is 14.1. The monoisotopic (exact) mass is 311 g/mol. The van der Waals surface area contributed by atoms with E-state index in [1.165, 1.54) is 0 Å². The molecule has 1 atom stereocenters. The number of carbonyl (C=O) groups excluding carboxylic acids is 1. The maximum absolute atomic E-state index is 12.6. The molecule has 0 aromatic rings. The van der Waals surface area contributed by atoms with Crippen LogP contribution < -0.4 is 0 Å². The van der Waals surface area contributed by atoms with E-state index in [2.05, 4.69) is 0 Å². The first-order valence-electron chi connectivity index (χ1n) is 7.33. The largest absolute Gasteiger partial charge is 0.391 e. The number of hydrogen-bond acceptors (Lipinski definition) is 1. The molecule has 2 aliphatic rings. The average molecular weight is 312 g/mol. The minimum Gasteiger partial charge on any atom is -0.342 e. The van der Waals surface area contributed by atoms with Crippen molar-refractivity contribution in [3.63, 3.8) is 0 Å². The molecule has 1 heterocycles. The summed E-state index contributed by atoms with van der Waals surface area (Å²) >= 11 is 5.71. The Morgan fingerprint density at radius 3 is 2.35 bits per heavy atom. The zero-order valence-electron chi connectivity index (χ0n) is 11.5. The standard InChI is InChI=1S/C14H21ClF3NO/c15-7-5-10-6-8-19(9-10)13(20)11-1-3-12(4-2-11)14(16,17)18/h10-12H,1-9H2. The molecular formula is C14H21ClF3NO. The Morgan fingerprint density at radius 1 is 1.15 bits per heavy atom. The maximum atomic E-state index is 12.6. The number of alkyl halides is 4. The summed E-state index contributed by atoms with van der Waals surface area (Å²) in [6.07, 6.45) is -1.29. The lowest BCUT2D eigenvalue weighted by atomic mass is 9.81. The van der Waals surface area contributed by atoms with E-state index in [1.54, 1.807) is 0 Å². The van der Waals surface area contributed by atoms with Crippen molar-refractivity contribution in [1.29, 1.82) is 0 Å². The van der Waals surface area contributed by atoms with Crippen molar-refractivity contribution in [2.75, 3.05) is 19.0 Å². The Kier molecular flexibility index (Phi) is 5.21. The summed E-state index contributed by atoms with van der Waals surface area (Å²) in [6, 6.07) is 0. The fourth-order valence-electron chi connectivity index (χ4n) is 3.35. The highest BCUT2D eigenvalue weighted by atomic mass is 35.5. The van der Waals surface area contributed by atoms with E-state index in [-0.39, 0.29) is 24.7 Å². The highest BCUT2D eigenvalue weighted by Gasteiger charge is 2.43. The van der Waals surface area contributed by atoms with Crippen LogP contribution in [0.15, 0.2) is 0 Å². The second-order valence-electron chi connectivity index (χ2n) is 6.01. The van der Waals surface area contributed by atoms with Crippen molar-refractivity contribution < 1.29 is 18.0 Å². The molecule has 6 heteroatoms. The van der Waals surface area contributed by atoms with Crippen LogP contribution in [-0.2, 0) is 4.79 Å². The van der Waals surface area contributed by atoms with Gasteiger partial charge < -0.3 is 4.90 Å². The van der Waals surface area contributed by atoms with Crippen LogP contribution in [0.25, 0.3) is 0 Å². The Balaban J connectivity index is 1.81. The Morgan fingerprint density at radius 2 is 1.80 bits per heavy atom. The molecule has 0 aromatic heterocycles. The molecule has 1 amide bonds. The van der Waals surface area contributed by atoms with Crippen molar-refractivity contribution in [2.24, 2.45) is 17.8 Å². The number of rotatable bonds is 3. The van der Waals surface area contributed by atoms with E-state index in [9.17, 15) is 18.0 Å². The van der Waals surface area contributed by atoms with E-state index in [1.807, 2.05) is 4.90 Å². The van der Waals surface area contributed by atoms with Gasteiger partial charge in [0.15, 0.2) is 0 Å². The first kappa shape index (κ1) is 15.9. The predicted octanol–water partition coefficient (Wildman–Crippen LogP) is 3.83. The predicted molar refractivity (Wildman–Crippen MR) is 71.5 cm³/mol. The third kappa shape index (κ3) is 3.80. The van der Waals surface area contributed by atoms with Gasteiger partial charge in [0.25, 0.3) is 0 Å². The van der Waals surface area contributed by atoms with E-state index in [4.69, 9.17) is 11.6 Å². The number of amides is 1. The third-order valence-electron chi connectivity index (χ3n) is 4.65. The lowest BCUT2D eigenvalue weighted by Gasteiger charge is -2.31. The van der Waals surface area contributed by atoms with E-state index < -0.39 is 12.1 Å². The van der Waals surface area contributed by atoms with E-state index >= 15 is 0 Å². The number of hydrogen-bond donors (Lipinski definition) is 0. The van der Waals surface area contributed by atoms with Gasteiger partial charge in [-0.1, -0.05) is 0 Å². The molecule has 0 aromatic carbocycles. The van der Waals surface area contributed by atoms with Gasteiger partial charge in [-0.3, -0.25) is 4.79 Å². The van der Waals surface area contributed by atoms with Crippen molar-refractivity contribution in [2.45, 2.75) is 44.7 Å². The second kappa shape index (κ2) is 6.54. The molecule has 20 heavy (non-hydrogen) atoms. The van der Waals surface area contributed by atoms with Gasteiger partial charge in [-0.2, -0.15) is 13.2 Å².